The molecule has 0 aliphatic rings. The molecule has 0 fully saturated rings. The van der Waals surface area contributed by atoms with Crippen LogP contribution < -0.4 is 5.32 Å². The maximum Gasteiger partial charge on any atom is 0.256 e. The van der Waals surface area contributed by atoms with Crippen molar-refractivity contribution in [2.75, 3.05) is 5.32 Å². The smallest absolute Gasteiger partial charge is 0.256 e. The molecule has 1 amide bonds. The predicted octanol–water partition coefficient (Wildman–Crippen LogP) is 7.08. The number of fused-ring (bicyclic) bond motifs is 1. The van der Waals surface area contributed by atoms with Gasteiger partial charge >= 0.3 is 0 Å². The number of nitrogens with one attached hydrogen (secondary N) is 1. The molecular formula is C27H26N2OS. The fraction of sp³-hybridized carbons (Fsp3) is 0.185. The van der Waals surface area contributed by atoms with Crippen molar-refractivity contribution in [3.8, 4) is 0 Å². The molecule has 4 rings (SSSR count). The van der Waals surface area contributed by atoms with Crippen LogP contribution >= 0.6 is 11.8 Å². The first-order valence-electron chi connectivity index (χ1n) is 10.4. The Bertz CT molecular complexity index is 1200. The van der Waals surface area contributed by atoms with Crippen LogP contribution in [0, 0.1) is 0 Å². The summed E-state index contributed by atoms with van der Waals surface area (Å²) in [6.07, 6.45) is 1.85. The number of hydrogen-bond donors (Lipinski definition) is 1. The van der Waals surface area contributed by atoms with E-state index in [0.29, 0.717) is 5.56 Å². The highest BCUT2D eigenvalue weighted by Crippen LogP contribution is 2.30. The third-order valence-electron chi connectivity index (χ3n) is 5.26. The van der Waals surface area contributed by atoms with Crippen LogP contribution in [0.3, 0.4) is 0 Å². The molecule has 31 heavy (non-hydrogen) atoms. The fourth-order valence-corrected chi connectivity index (χ4v) is 4.52. The second-order valence-electron chi connectivity index (χ2n) is 8.55. The minimum atomic E-state index is -0.0915. The molecule has 156 valence electrons. The highest BCUT2D eigenvalue weighted by molar-refractivity contribution is 7.98. The molecular weight excluding hydrogens is 400 g/mol. The zero-order valence-electron chi connectivity index (χ0n) is 18.1. The average Bonchev–Trinajstić information content (AvgIpc) is 2.77. The van der Waals surface area contributed by atoms with Gasteiger partial charge < -0.3 is 5.32 Å². The van der Waals surface area contributed by atoms with Gasteiger partial charge in [0.1, 0.15) is 0 Å². The first kappa shape index (κ1) is 21.1. The number of aromatic nitrogens is 1. The number of carbonyl (C=O) groups is 1. The van der Waals surface area contributed by atoms with Crippen molar-refractivity contribution < 1.29 is 4.79 Å². The van der Waals surface area contributed by atoms with Crippen LogP contribution in [0.2, 0.25) is 0 Å². The maximum absolute atomic E-state index is 13.0. The summed E-state index contributed by atoms with van der Waals surface area (Å²) in [6.45, 7) is 6.54. The first-order chi connectivity index (χ1) is 14.9. The Hall–Kier alpha value is -3.11. The van der Waals surface area contributed by atoms with Gasteiger partial charge in [0, 0.05) is 27.9 Å². The van der Waals surface area contributed by atoms with E-state index in [-0.39, 0.29) is 11.3 Å². The topological polar surface area (TPSA) is 42.0 Å². The van der Waals surface area contributed by atoms with E-state index in [1.807, 2.05) is 60.8 Å². The first-order valence-corrected chi connectivity index (χ1v) is 11.4. The van der Waals surface area contributed by atoms with Crippen LogP contribution in [0.25, 0.3) is 10.9 Å². The third kappa shape index (κ3) is 4.97. The van der Waals surface area contributed by atoms with E-state index in [9.17, 15) is 4.79 Å². The van der Waals surface area contributed by atoms with Crippen LogP contribution in [-0.4, -0.2) is 10.9 Å². The van der Waals surface area contributed by atoms with E-state index in [1.165, 1.54) is 11.1 Å². The molecule has 3 aromatic carbocycles. The Kier molecular flexibility index (Phi) is 6.10. The number of anilines is 1. The van der Waals surface area contributed by atoms with Gasteiger partial charge in [-0.15, -0.1) is 11.8 Å². The number of hydrogen-bond acceptors (Lipinski definition) is 3. The molecule has 0 saturated heterocycles. The Morgan fingerprint density at radius 1 is 0.903 bits per heavy atom. The van der Waals surface area contributed by atoms with Crippen LogP contribution in [0.5, 0.6) is 0 Å². The summed E-state index contributed by atoms with van der Waals surface area (Å²) in [4.78, 5) is 18.4. The molecule has 1 N–H and O–H groups in total. The molecule has 0 saturated carbocycles. The summed E-state index contributed by atoms with van der Waals surface area (Å²) in [5.74, 6) is 0.680. The summed E-state index contributed by atoms with van der Waals surface area (Å²) in [5.41, 5.74) is 5.02. The summed E-state index contributed by atoms with van der Waals surface area (Å²) in [7, 11) is 0. The summed E-state index contributed by atoms with van der Waals surface area (Å²) in [6, 6.07) is 26.1. The Morgan fingerprint density at radius 3 is 2.39 bits per heavy atom. The van der Waals surface area contributed by atoms with Gasteiger partial charge in [0.25, 0.3) is 5.91 Å². The van der Waals surface area contributed by atoms with E-state index in [0.717, 1.165) is 27.2 Å². The Balaban J connectivity index is 1.51. The zero-order valence-corrected chi connectivity index (χ0v) is 18.9. The summed E-state index contributed by atoms with van der Waals surface area (Å²) >= 11 is 1.67. The molecule has 0 unspecified atom stereocenters. The molecule has 0 bridgehead atoms. The summed E-state index contributed by atoms with van der Waals surface area (Å²) in [5, 5.41) is 4.19. The van der Waals surface area contributed by atoms with Crippen molar-refractivity contribution >= 4 is 34.3 Å². The van der Waals surface area contributed by atoms with Crippen molar-refractivity contribution in [2.24, 2.45) is 0 Å². The number of carbonyl (C=O) groups excluding carboxylic acids is 1. The molecule has 0 radical (unpaired) electrons. The minimum Gasteiger partial charge on any atom is -0.322 e. The maximum atomic E-state index is 13.0. The van der Waals surface area contributed by atoms with Gasteiger partial charge in [-0.3, -0.25) is 9.78 Å². The molecule has 3 nitrogen and oxygen atoms in total. The highest BCUT2D eigenvalue weighted by atomic mass is 32.2. The van der Waals surface area contributed by atoms with Crippen molar-refractivity contribution in [2.45, 2.75) is 36.8 Å². The molecule has 0 spiro atoms. The van der Waals surface area contributed by atoms with Crippen molar-refractivity contribution in [3.05, 3.63) is 102 Å². The number of nitrogens with zero attached hydrogens (tertiary/aromatic N) is 1. The molecule has 0 atom stereocenters. The molecule has 1 heterocycles. The van der Waals surface area contributed by atoms with Crippen LogP contribution in [-0.2, 0) is 11.2 Å². The van der Waals surface area contributed by atoms with Gasteiger partial charge in [-0.05, 0) is 52.9 Å². The van der Waals surface area contributed by atoms with Gasteiger partial charge in [-0.25, -0.2) is 0 Å². The average molecular weight is 427 g/mol. The standard InChI is InChI=1S/C27H26N2OS/c1-27(2,3)20-12-14-21(15-13-20)29-26(30)23-9-5-7-11-25(23)31-18-19-16-17-28-24-10-6-4-8-22(19)24/h4-17H,18H2,1-3H3,(H,29,30). The van der Waals surface area contributed by atoms with Crippen LogP contribution in [0.15, 0.2) is 90.0 Å². The predicted molar refractivity (Wildman–Crippen MR) is 131 cm³/mol. The minimum absolute atomic E-state index is 0.0862. The summed E-state index contributed by atoms with van der Waals surface area (Å²) < 4.78 is 0. The molecule has 0 aliphatic heterocycles. The second kappa shape index (κ2) is 8.94. The SMILES string of the molecule is CC(C)(C)c1ccc(NC(=O)c2ccccc2SCc2ccnc3ccccc23)cc1. The fourth-order valence-electron chi connectivity index (χ4n) is 3.47. The lowest BCUT2D eigenvalue weighted by atomic mass is 9.87. The van der Waals surface area contributed by atoms with E-state index >= 15 is 0 Å². The lowest BCUT2D eigenvalue weighted by Crippen LogP contribution is -2.14. The highest BCUT2D eigenvalue weighted by Gasteiger charge is 2.15. The largest absolute Gasteiger partial charge is 0.322 e. The molecule has 0 aliphatic carbocycles. The Labute approximate surface area is 187 Å². The zero-order chi connectivity index (χ0) is 21.8. The van der Waals surface area contributed by atoms with Gasteiger partial charge in [0.2, 0.25) is 0 Å². The van der Waals surface area contributed by atoms with Crippen molar-refractivity contribution in [1.29, 1.82) is 0 Å². The van der Waals surface area contributed by atoms with Gasteiger partial charge in [-0.2, -0.15) is 0 Å². The van der Waals surface area contributed by atoms with Gasteiger partial charge in [-0.1, -0.05) is 63.2 Å². The second-order valence-corrected chi connectivity index (χ2v) is 9.57. The van der Waals surface area contributed by atoms with E-state index in [2.05, 4.69) is 55.3 Å². The van der Waals surface area contributed by atoms with Crippen LogP contribution in [0.1, 0.15) is 42.3 Å². The van der Waals surface area contributed by atoms with Gasteiger partial charge in [0.05, 0.1) is 11.1 Å². The number of thioether (sulfide) groups is 1. The number of benzene rings is 3. The monoisotopic (exact) mass is 426 g/mol. The van der Waals surface area contributed by atoms with Crippen molar-refractivity contribution in [1.82, 2.24) is 4.98 Å². The molecule has 4 aromatic rings. The van der Waals surface area contributed by atoms with E-state index in [4.69, 9.17) is 0 Å². The number of amides is 1. The van der Waals surface area contributed by atoms with Crippen LogP contribution in [0.4, 0.5) is 5.69 Å². The Morgan fingerprint density at radius 2 is 1.61 bits per heavy atom. The number of pyridine rings is 1. The normalized spacial score (nSPS) is 11.5. The van der Waals surface area contributed by atoms with E-state index < -0.39 is 0 Å². The lowest BCUT2D eigenvalue weighted by Gasteiger charge is -2.19. The lowest BCUT2D eigenvalue weighted by molar-refractivity contribution is 0.102. The third-order valence-corrected chi connectivity index (χ3v) is 6.39. The molecule has 4 heteroatoms. The van der Waals surface area contributed by atoms with Gasteiger partial charge in [0.15, 0.2) is 0 Å². The number of rotatable bonds is 5. The quantitative estimate of drug-likeness (QED) is 0.347. The molecule has 1 aromatic heterocycles. The number of para-hydroxylation sites is 1. The van der Waals surface area contributed by atoms with E-state index in [1.54, 1.807) is 11.8 Å². The van der Waals surface area contributed by atoms with Crippen molar-refractivity contribution in [3.63, 3.8) is 0 Å².